The molecule has 0 saturated heterocycles. The van der Waals surface area contributed by atoms with Crippen LogP contribution < -0.4 is 4.74 Å². The molecule has 0 amide bonds. The van der Waals surface area contributed by atoms with Crippen LogP contribution in [-0.2, 0) is 9.59 Å². The van der Waals surface area contributed by atoms with Crippen molar-refractivity contribution >= 4 is 33.3 Å². The zero-order chi connectivity index (χ0) is 23.9. The van der Waals surface area contributed by atoms with Gasteiger partial charge >= 0.3 is 0 Å². The van der Waals surface area contributed by atoms with E-state index in [2.05, 4.69) is 30.1 Å². The molecule has 5 heteroatoms. The van der Waals surface area contributed by atoms with E-state index in [4.69, 9.17) is 9.15 Å². The normalized spacial score (nSPS) is 25.6. The molecule has 3 fully saturated rings. The highest BCUT2D eigenvalue weighted by Gasteiger charge is 2.48. The van der Waals surface area contributed by atoms with Crippen molar-refractivity contribution in [1.29, 1.82) is 0 Å². The van der Waals surface area contributed by atoms with Crippen LogP contribution in [0.2, 0.25) is 0 Å². The van der Waals surface area contributed by atoms with Crippen LogP contribution in [0, 0.1) is 11.8 Å². The van der Waals surface area contributed by atoms with Crippen molar-refractivity contribution in [3.63, 3.8) is 0 Å². The summed E-state index contributed by atoms with van der Waals surface area (Å²) in [5, 5.41) is 3.16. The molecule has 2 unspecified atom stereocenters. The molecule has 3 saturated carbocycles. The molecule has 184 valence electrons. The van der Waals surface area contributed by atoms with Gasteiger partial charge in [-0.15, -0.1) is 0 Å². The van der Waals surface area contributed by atoms with Gasteiger partial charge in [0.25, 0.3) is 0 Å². The molecule has 0 spiro atoms. The fraction of sp³-hybridized carbons (Fsp3) is 0.533. The summed E-state index contributed by atoms with van der Waals surface area (Å²) >= 11 is 0. The molecule has 0 bridgehead atoms. The third-order valence-electron chi connectivity index (χ3n) is 8.67. The zero-order valence-electron chi connectivity index (χ0n) is 20.6. The minimum atomic E-state index is -0.257. The third-order valence-corrected chi connectivity index (χ3v) is 8.67. The molecule has 1 aromatic heterocycles. The first kappa shape index (κ1) is 22.8. The van der Waals surface area contributed by atoms with E-state index in [1.54, 1.807) is 6.26 Å². The summed E-state index contributed by atoms with van der Waals surface area (Å²) in [6.07, 6.45) is 10.9. The van der Waals surface area contributed by atoms with Gasteiger partial charge in [0.2, 0.25) is 0 Å². The Labute approximate surface area is 206 Å². The summed E-state index contributed by atoms with van der Waals surface area (Å²) in [7, 11) is 2.21. The summed E-state index contributed by atoms with van der Waals surface area (Å²) in [6.45, 7) is 1.60. The number of ether oxygens (including phenoxy) is 1. The molecule has 0 aliphatic heterocycles. The molecule has 0 radical (unpaired) electrons. The van der Waals surface area contributed by atoms with Crippen LogP contribution in [0.25, 0.3) is 21.7 Å². The van der Waals surface area contributed by atoms with Crippen molar-refractivity contribution in [2.45, 2.75) is 69.7 Å². The summed E-state index contributed by atoms with van der Waals surface area (Å²) < 4.78 is 12.0. The van der Waals surface area contributed by atoms with Crippen LogP contribution >= 0.6 is 0 Å². The fourth-order valence-corrected chi connectivity index (χ4v) is 6.46. The van der Waals surface area contributed by atoms with Gasteiger partial charge in [0.1, 0.15) is 29.5 Å². The molecule has 3 aliphatic rings. The maximum atomic E-state index is 13.3. The van der Waals surface area contributed by atoms with Crippen LogP contribution in [0.3, 0.4) is 0 Å². The Morgan fingerprint density at radius 2 is 1.91 bits per heavy atom. The van der Waals surface area contributed by atoms with Gasteiger partial charge in [-0.25, -0.2) is 0 Å². The Balaban J connectivity index is 1.22. The van der Waals surface area contributed by atoms with Gasteiger partial charge in [0.15, 0.2) is 0 Å². The molecule has 3 atom stereocenters. The van der Waals surface area contributed by atoms with Crippen LogP contribution in [0.1, 0.15) is 69.3 Å². The van der Waals surface area contributed by atoms with Crippen molar-refractivity contribution in [3.8, 4) is 5.75 Å². The summed E-state index contributed by atoms with van der Waals surface area (Å²) in [5.74, 6) is 1.52. The third kappa shape index (κ3) is 4.51. The number of carbonyl (C=O) groups excluding carboxylic acids is 2. The number of rotatable bonds is 6. The number of Topliss-reactive ketones (excluding diaryl/α,β-unsaturated/α-hetero) is 2. The number of hydrogen-bond donors (Lipinski definition) is 0. The summed E-state index contributed by atoms with van der Waals surface area (Å²) in [4.78, 5) is 28.0. The molecule has 35 heavy (non-hydrogen) atoms. The van der Waals surface area contributed by atoms with Crippen LogP contribution in [0.5, 0.6) is 5.75 Å². The summed E-state index contributed by atoms with van der Waals surface area (Å²) in [6, 6.07) is 10.9. The molecule has 1 heterocycles. The Bertz CT molecular complexity index is 1250. The smallest absolute Gasteiger partial charge is 0.143 e. The van der Waals surface area contributed by atoms with Crippen molar-refractivity contribution in [2.75, 3.05) is 20.2 Å². The maximum Gasteiger partial charge on any atom is 0.143 e. The first-order valence-corrected chi connectivity index (χ1v) is 13.4. The highest BCUT2D eigenvalue weighted by Crippen LogP contribution is 2.49. The number of benzene rings is 2. The van der Waals surface area contributed by atoms with Gasteiger partial charge in [-0.05, 0) is 73.7 Å². The van der Waals surface area contributed by atoms with E-state index in [0.29, 0.717) is 43.5 Å². The van der Waals surface area contributed by atoms with Crippen LogP contribution in [0.4, 0.5) is 0 Å². The van der Waals surface area contributed by atoms with Crippen molar-refractivity contribution < 1.29 is 18.7 Å². The molecule has 3 aromatic rings. The first-order valence-electron chi connectivity index (χ1n) is 13.4. The molecule has 6 rings (SSSR count). The number of hydrogen-bond acceptors (Lipinski definition) is 5. The molecule has 5 nitrogen and oxygen atoms in total. The van der Waals surface area contributed by atoms with Gasteiger partial charge in [0, 0.05) is 48.2 Å². The lowest BCUT2D eigenvalue weighted by molar-refractivity contribution is -0.124. The number of nitrogens with zero attached hydrogens (tertiary/aromatic N) is 1. The maximum absolute atomic E-state index is 13.3. The summed E-state index contributed by atoms with van der Waals surface area (Å²) in [5.41, 5.74) is 1.74. The highest BCUT2D eigenvalue weighted by atomic mass is 16.5. The van der Waals surface area contributed by atoms with Crippen molar-refractivity contribution in [1.82, 2.24) is 4.90 Å². The Kier molecular flexibility index (Phi) is 6.13. The second kappa shape index (κ2) is 9.42. The van der Waals surface area contributed by atoms with Crippen molar-refractivity contribution in [2.24, 2.45) is 11.8 Å². The van der Waals surface area contributed by atoms with Gasteiger partial charge in [0.05, 0.1) is 6.26 Å². The molecule has 2 aromatic carbocycles. The lowest BCUT2D eigenvalue weighted by Crippen LogP contribution is -2.36. The molecular weight excluding hydrogens is 438 g/mol. The van der Waals surface area contributed by atoms with Gasteiger partial charge < -0.3 is 14.1 Å². The first-order chi connectivity index (χ1) is 17.1. The second-order valence-corrected chi connectivity index (χ2v) is 11.0. The van der Waals surface area contributed by atoms with Crippen molar-refractivity contribution in [3.05, 3.63) is 42.2 Å². The van der Waals surface area contributed by atoms with Gasteiger partial charge in [-0.2, -0.15) is 0 Å². The SMILES string of the molecule is CN(CCOc1ccc2c(ccc3occ(C4CCC(=O)C[C@H]5CC5C4=O)c32)c1)C1CCCCC1. The number of likely N-dealkylation sites (N-methyl/N-ethyl adjacent to an activating group) is 1. The molecule has 0 N–H and O–H groups in total. The number of fused-ring (bicyclic) bond motifs is 4. The second-order valence-electron chi connectivity index (χ2n) is 11.0. The van der Waals surface area contributed by atoms with E-state index in [-0.39, 0.29) is 17.8 Å². The Morgan fingerprint density at radius 1 is 1.06 bits per heavy atom. The van der Waals surface area contributed by atoms with Gasteiger partial charge in [-0.3, -0.25) is 9.59 Å². The van der Waals surface area contributed by atoms with E-state index in [9.17, 15) is 9.59 Å². The van der Waals surface area contributed by atoms with E-state index in [1.807, 2.05) is 12.1 Å². The minimum Gasteiger partial charge on any atom is -0.492 e. The molecule has 3 aliphatic carbocycles. The quantitative estimate of drug-likeness (QED) is 0.422. The zero-order valence-corrected chi connectivity index (χ0v) is 20.6. The van der Waals surface area contributed by atoms with Crippen LogP contribution in [-0.4, -0.2) is 42.7 Å². The average molecular weight is 474 g/mol. The predicted octanol–water partition coefficient (Wildman–Crippen LogP) is 6.27. The number of carbonyl (C=O) groups is 2. The standard InChI is InChI=1S/C30H35NO4/c1-31(21-5-3-2-4-6-21)13-14-34-23-9-11-24-19(16-23)7-12-28-29(24)27(18-35-28)25-10-8-22(32)15-20-17-26(20)30(25)33/h7,9,11-12,16,18,20-21,25-26H,2-6,8,10,13-15,17H2,1H3/t20-,25?,26?/m0/s1. The largest absolute Gasteiger partial charge is 0.492 e. The van der Waals surface area contributed by atoms with E-state index in [1.165, 1.54) is 32.1 Å². The van der Waals surface area contributed by atoms with E-state index in [0.717, 1.165) is 46.0 Å². The average Bonchev–Trinajstić information content (AvgIpc) is 3.50. The van der Waals surface area contributed by atoms with Crippen LogP contribution in [0.15, 0.2) is 41.0 Å². The highest BCUT2D eigenvalue weighted by molar-refractivity contribution is 6.10. The monoisotopic (exact) mass is 473 g/mol. The molecular formula is C30H35NO4. The Hall–Kier alpha value is -2.66. The number of ketones is 2. The topological polar surface area (TPSA) is 59.8 Å². The Morgan fingerprint density at radius 3 is 2.77 bits per heavy atom. The predicted molar refractivity (Wildman–Crippen MR) is 137 cm³/mol. The fourth-order valence-electron chi connectivity index (χ4n) is 6.46. The van der Waals surface area contributed by atoms with Gasteiger partial charge in [-0.1, -0.05) is 25.3 Å². The minimum absolute atomic E-state index is 0.0518. The number of furan rings is 1. The van der Waals surface area contributed by atoms with E-state index < -0.39 is 0 Å². The lowest BCUT2D eigenvalue weighted by atomic mass is 9.83. The van der Waals surface area contributed by atoms with E-state index >= 15 is 0 Å². The lowest BCUT2D eigenvalue weighted by Gasteiger charge is -2.31.